The molecule has 8 rings (SSSR count). The number of anilines is 2. The summed E-state index contributed by atoms with van der Waals surface area (Å²) in [6, 6.07) is 19.3. The highest BCUT2D eigenvalue weighted by molar-refractivity contribution is 6.28. The van der Waals surface area contributed by atoms with Crippen molar-refractivity contribution in [2.24, 2.45) is 0 Å². The Kier molecular flexibility index (Phi) is 9.42. The Bertz CT molecular complexity index is 1830. The quantitative estimate of drug-likeness (QED) is 0.166. The number of amides is 4. The van der Waals surface area contributed by atoms with E-state index in [1.807, 2.05) is 60.7 Å². The first-order valence-corrected chi connectivity index (χ1v) is 18.4. The van der Waals surface area contributed by atoms with Crippen LogP contribution in [-0.2, 0) is 4.74 Å². The van der Waals surface area contributed by atoms with Crippen LogP contribution in [0.25, 0.3) is 21.5 Å². The standard InChI is InChI=1S/C40H44N6O5/c47-37-29-9-4-7-27-33(43-19-2-1-3-20-43)13-11-31(35(27)29)39(49)45(37)21-17-41-15-6-16-42-18-22-46-38(48)30-10-5-8-28-34(44-23-25-51-26-24-44)14-12-32(36(28)30)40(46)50/h4-5,7-14,41-42H,1-3,6,15-26H2. The molecule has 0 spiro atoms. The third-order valence-corrected chi connectivity index (χ3v) is 10.7. The molecule has 0 bridgehead atoms. The van der Waals surface area contributed by atoms with Crippen LogP contribution in [0.4, 0.5) is 11.4 Å². The fourth-order valence-corrected chi connectivity index (χ4v) is 8.13. The van der Waals surface area contributed by atoms with E-state index in [4.69, 9.17) is 4.74 Å². The fraction of sp³-hybridized carbons (Fsp3) is 0.400. The van der Waals surface area contributed by atoms with Crippen LogP contribution < -0.4 is 20.4 Å². The van der Waals surface area contributed by atoms with E-state index in [1.54, 1.807) is 0 Å². The van der Waals surface area contributed by atoms with Gasteiger partial charge in [-0.05, 0) is 75.2 Å². The summed E-state index contributed by atoms with van der Waals surface area (Å²) in [6.45, 7) is 7.77. The maximum atomic E-state index is 13.5. The highest BCUT2D eigenvalue weighted by Gasteiger charge is 2.35. The van der Waals surface area contributed by atoms with Crippen LogP contribution in [-0.4, -0.2) is 112 Å². The van der Waals surface area contributed by atoms with Gasteiger partial charge in [0.15, 0.2) is 0 Å². The molecule has 4 aromatic carbocycles. The molecular weight excluding hydrogens is 644 g/mol. The summed E-state index contributed by atoms with van der Waals surface area (Å²) >= 11 is 0. The first kappa shape index (κ1) is 33.3. The number of imide groups is 2. The van der Waals surface area contributed by atoms with Crippen molar-refractivity contribution in [3.63, 3.8) is 0 Å². The number of carbonyl (C=O) groups excluding carboxylic acids is 4. The van der Waals surface area contributed by atoms with Gasteiger partial charge in [-0.25, -0.2) is 0 Å². The number of carbonyl (C=O) groups is 4. The van der Waals surface area contributed by atoms with Gasteiger partial charge in [-0.1, -0.05) is 24.3 Å². The minimum absolute atomic E-state index is 0.240. The molecule has 0 aliphatic carbocycles. The summed E-state index contributed by atoms with van der Waals surface area (Å²) in [5.74, 6) is -1.00. The largest absolute Gasteiger partial charge is 0.378 e. The number of nitrogens with zero attached hydrogens (tertiary/aromatic N) is 4. The molecule has 0 aromatic heterocycles. The van der Waals surface area contributed by atoms with E-state index in [0.29, 0.717) is 61.6 Å². The van der Waals surface area contributed by atoms with Gasteiger partial charge in [-0.15, -0.1) is 0 Å². The second-order valence-electron chi connectivity index (χ2n) is 13.7. The Morgan fingerprint density at radius 2 is 0.961 bits per heavy atom. The third kappa shape index (κ3) is 6.13. The minimum Gasteiger partial charge on any atom is -0.378 e. The van der Waals surface area contributed by atoms with E-state index >= 15 is 0 Å². The summed E-state index contributed by atoms with van der Waals surface area (Å²) in [6.07, 6.45) is 4.35. The van der Waals surface area contributed by atoms with Crippen molar-refractivity contribution in [1.29, 1.82) is 0 Å². The molecular formula is C40H44N6O5. The highest BCUT2D eigenvalue weighted by atomic mass is 16.5. The second kappa shape index (κ2) is 14.4. The van der Waals surface area contributed by atoms with Crippen LogP contribution in [0.5, 0.6) is 0 Å². The molecule has 0 saturated carbocycles. The molecule has 0 radical (unpaired) electrons. The second-order valence-corrected chi connectivity index (χ2v) is 13.7. The lowest BCUT2D eigenvalue weighted by Crippen LogP contribution is -2.44. The van der Waals surface area contributed by atoms with Gasteiger partial charge in [-0.2, -0.15) is 0 Å². The van der Waals surface area contributed by atoms with Crippen LogP contribution in [0, 0.1) is 0 Å². The first-order chi connectivity index (χ1) is 25.0. The SMILES string of the molecule is O=C1c2cccc3c(N4CCCCC4)ccc(c23)C(=O)N1CCNCCCNCCN1C(=O)c2cccc3c(N4CCOCC4)ccc(c23)C1=O. The Hall–Kier alpha value is -4.84. The lowest BCUT2D eigenvalue weighted by Gasteiger charge is -2.32. The van der Waals surface area contributed by atoms with E-state index in [9.17, 15) is 19.2 Å². The van der Waals surface area contributed by atoms with Crippen molar-refractivity contribution in [2.45, 2.75) is 25.7 Å². The number of benzene rings is 4. The van der Waals surface area contributed by atoms with E-state index in [2.05, 4.69) is 20.4 Å². The zero-order valence-electron chi connectivity index (χ0n) is 28.9. The van der Waals surface area contributed by atoms with Crippen molar-refractivity contribution < 1.29 is 23.9 Å². The van der Waals surface area contributed by atoms with E-state index in [0.717, 1.165) is 78.4 Å². The van der Waals surface area contributed by atoms with E-state index in [1.165, 1.54) is 16.2 Å². The van der Waals surface area contributed by atoms with Crippen LogP contribution in [0.1, 0.15) is 67.1 Å². The molecule has 264 valence electrons. The zero-order chi connectivity index (χ0) is 34.9. The Morgan fingerprint density at radius 3 is 1.45 bits per heavy atom. The van der Waals surface area contributed by atoms with Gasteiger partial charge in [0.1, 0.15) is 0 Å². The summed E-state index contributed by atoms with van der Waals surface area (Å²) < 4.78 is 5.51. The molecule has 0 unspecified atom stereocenters. The number of morpholine rings is 1. The van der Waals surface area contributed by atoms with Crippen LogP contribution in [0.15, 0.2) is 60.7 Å². The van der Waals surface area contributed by atoms with Gasteiger partial charge >= 0.3 is 0 Å². The summed E-state index contributed by atoms with van der Waals surface area (Å²) in [4.78, 5) is 61.4. The van der Waals surface area contributed by atoms with Crippen molar-refractivity contribution in [2.75, 3.05) is 88.5 Å². The smallest absolute Gasteiger partial charge is 0.261 e. The van der Waals surface area contributed by atoms with Crippen molar-refractivity contribution in [3.8, 4) is 0 Å². The zero-order valence-corrected chi connectivity index (χ0v) is 28.9. The topological polar surface area (TPSA) is 115 Å². The van der Waals surface area contributed by atoms with E-state index in [-0.39, 0.29) is 36.7 Å². The highest BCUT2D eigenvalue weighted by Crippen LogP contribution is 2.38. The number of nitrogens with one attached hydrogen (secondary N) is 2. The molecule has 4 heterocycles. The molecule has 2 saturated heterocycles. The monoisotopic (exact) mass is 688 g/mol. The van der Waals surface area contributed by atoms with Gasteiger partial charge < -0.3 is 25.2 Å². The average molecular weight is 689 g/mol. The molecule has 11 heteroatoms. The predicted molar refractivity (Wildman–Crippen MR) is 198 cm³/mol. The first-order valence-electron chi connectivity index (χ1n) is 18.4. The van der Waals surface area contributed by atoms with Crippen LogP contribution in [0.3, 0.4) is 0 Å². The molecule has 2 fully saturated rings. The molecule has 51 heavy (non-hydrogen) atoms. The Labute approximate surface area is 297 Å². The van der Waals surface area contributed by atoms with Crippen molar-refractivity contribution in [1.82, 2.24) is 20.4 Å². The van der Waals surface area contributed by atoms with Crippen molar-refractivity contribution in [3.05, 3.63) is 82.9 Å². The molecule has 4 aliphatic rings. The number of piperidine rings is 1. The molecule has 4 aliphatic heterocycles. The maximum Gasteiger partial charge on any atom is 0.261 e. The predicted octanol–water partition coefficient (Wildman–Crippen LogP) is 4.28. The molecule has 4 aromatic rings. The molecule has 11 nitrogen and oxygen atoms in total. The van der Waals surface area contributed by atoms with Crippen LogP contribution >= 0.6 is 0 Å². The molecule has 0 atom stereocenters. The Balaban J connectivity index is 0.805. The number of ether oxygens (including phenoxy) is 1. The summed E-state index contributed by atoms with van der Waals surface area (Å²) in [5, 5.41) is 10.1. The molecule has 2 N–H and O–H groups in total. The van der Waals surface area contributed by atoms with Gasteiger partial charge in [0, 0.05) is 108 Å². The van der Waals surface area contributed by atoms with Gasteiger partial charge in [-0.3, -0.25) is 29.0 Å². The van der Waals surface area contributed by atoms with Crippen molar-refractivity contribution >= 4 is 56.5 Å². The number of hydrogen-bond donors (Lipinski definition) is 2. The van der Waals surface area contributed by atoms with E-state index < -0.39 is 0 Å². The molecule has 4 amide bonds. The summed E-state index contributed by atoms with van der Waals surface area (Å²) in [7, 11) is 0. The fourth-order valence-electron chi connectivity index (χ4n) is 8.13. The summed E-state index contributed by atoms with van der Waals surface area (Å²) in [5.41, 5.74) is 4.45. The van der Waals surface area contributed by atoms with Gasteiger partial charge in [0.25, 0.3) is 23.6 Å². The van der Waals surface area contributed by atoms with Crippen LogP contribution in [0.2, 0.25) is 0 Å². The minimum atomic E-state index is -0.260. The lowest BCUT2D eigenvalue weighted by atomic mass is 9.92. The Morgan fingerprint density at radius 1 is 0.510 bits per heavy atom. The maximum absolute atomic E-state index is 13.5. The van der Waals surface area contributed by atoms with Gasteiger partial charge in [0.2, 0.25) is 0 Å². The number of hydrogen-bond acceptors (Lipinski definition) is 9. The number of rotatable bonds is 12. The normalized spacial score (nSPS) is 17.7. The average Bonchev–Trinajstić information content (AvgIpc) is 3.17. The third-order valence-electron chi connectivity index (χ3n) is 10.7. The lowest BCUT2D eigenvalue weighted by molar-refractivity contribution is 0.0597. The van der Waals surface area contributed by atoms with Gasteiger partial charge in [0.05, 0.1) is 13.2 Å².